The van der Waals surface area contributed by atoms with E-state index in [2.05, 4.69) is 25.2 Å². The maximum Gasteiger partial charge on any atom is 0.253 e. The molecule has 1 aliphatic heterocycles. The normalized spacial score (nSPS) is 15.1. The number of amides is 1. The van der Waals surface area contributed by atoms with Crippen LogP contribution in [0.2, 0.25) is 0 Å². The number of nitrogens with zero attached hydrogens (tertiary/aromatic N) is 4. The standard InChI is InChI=1S/C21H23N5O/c1-14-4-5-16-13-18(15(2)24-19(16)12-14)20(27)25-17-6-10-26(11-7-17)21-22-8-3-9-23-21/h3-5,8-9,12-13,17H,6-7,10-11H2,1-2H3,(H,25,27). The van der Waals surface area contributed by atoms with Crippen molar-refractivity contribution >= 4 is 22.8 Å². The number of carbonyl (C=O) groups excluding carboxylic acids is 1. The van der Waals surface area contributed by atoms with Crippen LogP contribution in [-0.2, 0) is 0 Å². The summed E-state index contributed by atoms with van der Waals surface area (Å²) in [7, 11) is 0. The summed E-state index contributed by atoms with van der Waals surface area (Å²) in [6.07, 6.45) is 5.27. The second-order valence-electron chi connectivity index (χ2n) is 7.10. The lowest BCUT2D eigenvalue weighted by molar-refractivity contribution is 0.0930. The Morgan fingerprint density at radius 2 is 1.85 bits per heavy atom. The van der Waals surface area contributed by atoms with Crippen molar-refractivity contribution in [1.82, 2.24) is 20.3 Å². The highest BCUT2D eigenvalue weighted by Gasteiger charge is 2.23. The van der Waals surface area contributed by atoms with Crippen LogP contribution in [0.4, 0.5) is 5.95 Å². The molecule has 0 saturated carbocycles. The van der Waals surface area contributed by atoms with Crippen molar-refractivity contribution in [2.75, 3.05) is 18.0 Å². The van der Waals surface area contributed by atoms with Gasteiger partial charge in [0.2, 0.25) is 5.95 Å². The number of hydrogen-bond donors (Lipinski definition) is 1. The van der Waals surface area contributed by atoms with E-state index in [1.54, 1.807) is 12.4 Å². The van der Waals surface area contributed by atoms with Crippen molar-refractivity contribution in [3.63, 3.8) is 0 Å². The van der Waals surface area contributed by atoms with E-state index >= 15 is 0 Å². The largest absolute Gasteiger partial charge is 0.349 e. The number of carbonyl (C=O) groups is 1. The molecule has 0 bridgehead atoms. The average Bonchev–Trinajstić information content (AvgIpc) is 2.68. The first-order chi connectivity index (χ1) is 13.1. The van der Waals surface area contributed by atoms with Crippen LogP contribution in [0.1, 0.15) is 34.5 Å². The Labute approximate surface area is 158 Å². The second kappa shape index (κ2) is 7.31. The number of benzene rings is 1. The van der Waals surface area contributed by atoms with Gasteiger partial charge in [-0.15, -0.1) is 0 Å². The average molecular weight is 361 g/mol. The third-order valence-corrected chi connectivity index (χ3v) is 5.07. The monoisotopic (exact) mass is 361 g/mol. The molecule has 0 unspecified atom stereocenters. The molecule has 3 heterocycles. The molecule has 6 heteroatoms. The third-order valence-electron chi connectivity index (χ3n) is 5.07. The number of rotatable bonds is 3. The fourth-order valence-corrected chi connectivity index (χ4v) is 3.54. The molecule has 0 atom stereocenters. The Balaban J connectivity index is 1.43. The quantitative estimate of drug-likeness (QED) is 0.776. The lowest BCUT2D eigenvalue weighted by Crippen LogP contribution is -2.45. The summed E-state index contributed by atoms with van der Waals surface area (Å²) in [4.78, 5) is 28.2. The molecule has 1 fully saturated rings. The Morgan fingerprint density at radius 3 is 2.59 bits per heavy atom. The topological polar surface area (TPSA) is 71.0 Å². The number of anilines is 1. The second-order valence-corrected chi connectivity index (χ2v) is 7.10. The SMILES string of the molecule is Cc1ccc2cc(C(=O)NC3CCN(c4ncccn4)CC3)c(C)nc2c1. The summed E-state index contributed by atoms with van der Waals surface area (Å²) >= 11 is 0. The number of piperidine rings is 1. The molecule has 3 aromatic rings. The van der Waals surface area contributed by atoms with Gasteiger partial charge in [-0.05, 0) is 50.5 Å². The van der Waals surface area contributed by atoms with Gasteiger partial charge in [-0.1, -0.05) is 12.1 Å². The number of aryl methyl sites for hydroxylation is 2. The molecule has 1 amide bonds. The summed E-state index contributed by atoms with van der Waals surface area (Å²) < 4.78 is 0. The van der Waals surface area contributed by atoms with Crippen molar-refractivity contribution in [1.29, 1.82) is 0 Å². The maximum absolute atomic E-state index is 12.8. The first-order valence-electron chi connectivity index (χ1n) is 9.31. The Kier molecular flexibility index (Phi) is 4.71. The molecule has 4 rings (SSSR count). The van der Waals surface area contributed by atoms with E-state index in [-0.39, 0.29) is 11.9 Å². The van der Waals surface area contributed by atoms with Crippen LogP contribution in [0.25, 0.3) is 10.9 Å². The molecule has 2 aromatic heterocycles. The molecule has 0 radical (unpaired) electrons. The van der Waals surface area contributed by atoms with E-state index in [0.29, 0.717) is 5.56 Å². The van der Waals surface area contributed by atoms with Gasteiger partial charge in [0.15, 0.2) is 0 Å². The van der Waals surface area contributed by atoms with Crippen LogP contribution in [0.3, 0.4) is 0 Å². The minimum absolute atomic E-state index is 0.0445. The van der Waals surface area contributed by atoms with Crippen molar-refractivity contribution in [2.45, 2.75) is 32.7 Å². The Hall–Kier alpha value is -3.02. The summed E-state index contributed by atoms with van der Waals surface area (Å²) in [5, 5.41) is 4.17. The van der Waals surface area contributed by atoms with Crippen LogP contribution >= 0.6 is 0 Å². The zero-order valence-corrected chi connectivity index (χ0v) is 15.6. The van der Waals surface area contributed by atoms with E-state index in [4.69, 9.17) is 0 Å². The Bertz CT molecular complexity index is 965. The van der Waals surface area contributed by atoms with E-state index in [1.165, 1.54) is 5.56 Å². The van der Waals surface area contributed by atoms with Crippen molar-refractivity contribution in [3.05, 3.63) is 59.5 Å². The zero-order valence-electron chi connectivity index (χ0n) is 15.6. The fraction of sp³-hybridized carbons (Fsp3) is 0.333. The van der Waals surface area contributed by atoms with Gasteiger partial charge in [0, 0.05) is 36.9 Å². The number of nitrogens with one attached hydrogen (secondary N) is 1. The van der Waals surface area contributed by atoms with Gasteiger partial charge < -0.3 is 10.2 Å². The van der Waals surface area contributed by atoms with Gasteiger partial charge in [0.05, 0.1) is 16.8 Å². The third kappa shape index (κ3) is 3.74. The van der Waals surface area contributed by atoms with Crippen molar-refractivity contribution in [2.24, 2.45) is 0 Å². The highest BCUT2D eigenvalue weighted by molar-refractivity contribution is 5.98. The van der Waals surface area contributed by atoms with Crippen molar-refractivity contribution in [3.8, 4) is 0 Å². The molecule has 0 spiro atoms. The van der Waals surface area contributed by atoms with Gasteiger partial charge in [0.25, 0.3) is 5.91 Å². The van der Waals surface area contributed by atoms with Gasteiger partial charge in [0.1, 0.15) is 0 Å². The zero-order chi connectivity index (χ0) is 18.8. The van der Waals surface area contributed by atoms with Crippen LogP contribution in [0, 0.1) is 13.8 Å². The number of pyridine rings is 1. The van der Waals surface area contributed by atoms with Gasteiger partial charge in [-0.25, -0.2) is 9.97 Å². The highest BCUT2D eigenvalue weighted by Crippen LogP contribution is 2.20. The molecule has 1 N–H and O–H groups in total. The summed E-state index contributed by atoms with van der Waals surface area (Å²) in [5.74, 6) is 0.712. The molecule has 138 valence electrons. The lowest BCUT2D eigenvalue weighted by Gasteiger charge is -2.32. The van der Waals surface area contributed by atoms with E-state index in [0.717, 1.165) is 48.5 Å². The predicted molar refractivity (Wildman–Crippen MR) is 106 cm³/mol. The van der Waals surface area contributed by atoms with Crippen LogP contribution in [0.5, 0.6) is 0 Å². The number of fused-ring (bicyclic) bond motifs is 1. The van der Waals surface area contributed by atoms with E-state index < -0.39 is 0 Å². The first-order valence-corrected chi connectivity index (χ1v) is 9.31. The van der Waals surface area contributed by atoms with Gasteiger partial charge in [-0.3, -0.25) is 9.78 Å². The minimum Gasteiger partial charge on any atom is -0.349 e. The molecule has 27 heavy (non-hydrogen) atoms. The summed E-state index contributed by atoms with van der Waals surface area (Å²) in [5.41, 5.74) is 3.52. The minimum atomic E-state index is -0.0445. The van der Waals surface area contributed by atoms with Gasteiger partial charge in [-0.2, -0.15) is 0 Å². The maximum atomic E-state index is 12.8. The van der Waals surface area contributed by atoms with Crippen LogP contribution in [0.15, 0.2) is 42.7 Å². The molecular weight excluding hydrogens is 338 g/mol. The summed E-state index contributed by atoms with van der Waals surface area (Å²) in [6.45, 7) is 5.61. The number of aromatic nitrogens is 3. The van der Waals surface area contributed by atoms with E-state index in [9.17, 15) is 4.79 Å². The molecule has 1 aromatic carbocycles. The van der Waals surface area contributed by atoms with Crippen LogP contribution in [-0.4, -0.2) is 40.0 Å². The van der Waals surface area contributed by atoms with Crippen molar-refractivity contribution < 1.29 is 4.79 Å². The number of hydrogen-bond acceptors (Lipinski definition) is 5. The fourth-order valence-electron chi connectivity index (χ4n) is 3.54. The molecular formula is C21H23N5O. The van der Waals surface area contributed by atoms with E-state index in [1.807, 2.05) is 44.2 Å². The molecule has 1 saturated heterocycles. The predicted octanol–water partition coefficient (Wildman–Crippen LogP) is 3.04. The van der Waals surface area contributed by atoms with Crippen LogP contribution < -0.4 is 10.2 Å². The first kappa shape index (κ1) is 17.4. The molecule has 0 aliphatic carbocycles. The molecule has 6 nitrogen and oxygen atoms in total. The Morgan fingerprint density at radius 1 is 1.11 bits per heavy atom. The smallest absolute Gasteiger partial charge is 0.253 e. The highest BCUT2D eigenvalue weighted by atomic mass is 16.1. The lowest BCUT2D eigenvalue weighted by atomic mass is 10.0. The van der Waals surface area contributed by atoms with Gasteiger partial charge >= 0.3 is 0 Å². The molecule has 1 aliphatic rings. The summed E-state index contributed by atoms with van der Waals surface area (Å²) in [6, 6.07) is 10.0.